The van der Waals surface area contributed by atoms with Crippen molar-refractivity contribution >= 4 is 11.7 Å². The second-order valence-electron chi connectivity index (χ2n) is 5.93. The second-order valence-corrected chi connectivity index (χ2v) is 5.93. The van der Waals surface area contributed by atoms with Gasteiger partial charge in [-0.3, -0.25) is 4.79 Å². The van der Waals surface area contributed by atoms with Gasteiger partial charge in [-0.05, 0) is 48.8 Å². The normalized spacial score (nSPS) is 14.8. The second kappa shape index (κ2) is 6.78. The van der Waals surface area contributed by atoms with Crippen LogP contribution < -0.4 is 5.32 Å². The van der Waals surface area contributed by atoms with Gasteiger partial charge in [-0.1, -0.05) is 26.0 Å². The molecule has 1 aliphatic rings. The minimum absolute atomic E-state index is 0.0863. The van der Waals surface area contributed by atoms with E-state index in [0.29, 0.717) is 18.9 Å². The van der Waals surface area contributed by atoms with Gasteiger partial charge in [0, 0.05) is 12.2 Å². The van der Waals surface area contributed by atoms with Crippen molar-refractivity contribution in [1.82, 2.24) is 0 Å². The molecule has 110 valence electrons. The number of rotatable bonds is 6. The van der Waals surface area contributed by atoms with Crippen LogP contribution in [0.5, 0.6) is 0 Å². The summed E-state index contributed by atoms with van der Waals surface area (Å²) in [4.78, 5) is 11.8. The van der Waals surface area contributed by atoms with Gasteiger partial charge >= 0.3 is 5.97 Å². The van der Waals surface area contributed by atoms with Crippen molar-refractivity contribution in [2.45, 2.75) is 46.0 Å². The highest BCUT2D eigenvalue weighted by molar-refractivity contribution is 5.70. The van der Waals surface area contributed by atoms with E-state index in [2.05, 4.69) is 37.4 Å². The Morgan fingerprint density at radius 1 is 1.40 bits per heavy atom. The number of carbonyl (C=O) groups excluding carboxylic acids is 1. The van der Waals surface area contributed by atoms with Crippen molar-refractivity contribution in [3.63, 3.8) is 0 Å². The number of anilines is 1. The Hall–Kier alpha value is -1.51. The van der Waals surface area contributed by atoms with Crippen LogP contribution in [0.15, 0.2) is 18.2 Å². The number of nitrogens with one attached hydrogen (secondary N) is 1. The third-order valence-electron chi connectivity index (χ3n) is 3.78. The van der Waals surface area contributed by atoms with Gasteiger partial charge in [-0.25, -0.2) is 0 Å². The van der Waals surface area contributed by atoms with Gasteiger partial charge in [0.2, 0.25) is 0 Å². The Bertz CT molecular complexity index is 468. The summed E-state index contributed by atoms with van der Waals surface area (Å²) in [6.45, 7) is 7.74. The van der Waals surface area contributed by atoms with E-state index in [9.17, 15) is 4.79 Å². The van der Waals surface area contributed by atoms with Crippen molar-refractivity contribution < 1.29 is 9.53 Å². The average Bonchev–Trinajstić information content (AvgIpc) is 2.84. The number of ether oxygens (including phenoxy) is 1. The SMILES string of the molecule is CCOC(=O)CC(CC(C)C)c1ccc2c(c1)CCN2. The highest BCUT2D eigenvalue weighted by atomic mass is 16.5. The molecular formula is C17H25NO2. The number of esters is 1. The molecule has 3 nitrogen and oxygen atoms in total. The fourth-order valence-electron chi connectivity index (χ4n) is 2.91. The molecule has 0 spiro atoms. The molecule has 1 N–H and O–H groups in total. The van der Waals surface area contributed by atoms with Crippen LogP contribution in [-0.2, 0) is 16.0 Å². The zero-order valence-corrected chi connectivity index (χ0v) is 12.7. The Morgan fingerprint density at radius 3 is 2.90 bits per heavy atom. The topological polar surface area (TPSA) is 38.3 Å². The fourth-order valence-corrected chi connectivity index (χ4v) is 2.91. The van der Waals surface area contributed by atoms with Gasteiger partial charge in [0.25, 0.3) is 0 Å². The molecule has 1 unspecified atom stereocenters. The lowest BCUT2D eigenvalue weighted by Crippen LogP contribution is -2.12. The van der Waals surface area contributed by atoms with Crippen molar-refractivity contribution in [2.75, 3.05) is 18.5 Å². The Balaban J connectivity index is 2.15. The summed E-state index contributed by atoms with van der Waals surface area (Å²) >= 11 is 0. The maximum absolute atomic E-state index is 11.8. The summed E-state index contributed by atoms with van der Waals surface area (Å²) in [7, 11) is 0. The van der Waals surface area contributed by atoms with Crippen LogP contribution >= 0.6 is 0 Å². The summed E-state index contributed by atoms with van der Waals surface area (Å²) < 4.78 is 5.12. The Kier molecular flexibility index (Phi) is 5.05. The maximum Gasteiger partial charge on any atom is 0.306 e. The molecule has 1 heterocycles. The fraction of sp³-hybridized carbons (Fsp3) is 0.588. The molecule has 1 aliphatic heterocycles. The minimum atomic E-state index is -0.0863. The van der Waals surface area contributed by atoms with Crippen LogP contribution in [-0.4, -0.2) is 19.1 Å². The Labute approximate surface area is 121 Å². The summed E-state index contributed by atoms with van der Waals surface area (Å²) in [6.07, 6.45) is 2.58. The van der Waals surface area contributed by atoms with E-state index < -0.39 is 0 Å². The molecule has 1 aromatic rings. The molecule has 0 aliphatic carbocycles. The van der Waals surface area contributed by atoms with Crippen molar-refractivity contribution in [3.8, 4) is 0 Å². The number of hydrogen-bond donors (Lipinski definition) is 1. The molecule has 1 aromatic carbocycles. The van der Waals surface area contributed by atoms with E-state index in [-0.39, 0.29) is 11.9 Å². The van der Waals surface area contributed by atoms with Gasteiger partial charge in [0.15, 0.2) is 0 Å². The summed E-state index contributed by atoms with van der Waals surface area (Å²) in [6, 6.07) is 6.57. The zero-order valence-electron chi connectivity index (χ0n) is 12.7. The monoisotopic (exact) mass is 275 g/mol. The molecule has 0 saturated heterocycles. The van der Waals surface area contributed by atoms with Crippen LogP contribution in [0.1, 0.15) is 50.7 Å². The van der Waals surface area contributed by atoms with Gasteiger partial charge in [0.1, 0.15) is 0 Å². The number of carbonyl (C=O) groups is 1. The van der Waals surface area contributed by atoms with Crippen LogP contribution in [0.2, 0.25) is 0 Å². The molecule has 1 atom stereocenters. The summed E-state index contributed by atoms with van der Waals surface area (Å²) in [5, 5.41) is 3.38. The van der Waals surface area contributed by atoms with Gasteiger partial charge in [-0.15, -0.1) is 0 Å². The van der Waals surface area contributed by atoms with Crippen molar-refractivity contribution in [3.05, 3.63) is 29.3 Å². The van der Waals surface area contributed by atoms with E-state index in [1.807, 2.05) is 6.92 Å². The molecule has 3 heteroatoms. The molecule has 0 fully saturated rings. The van der Waals surface area contributed by atoms with Crippen LogP contribution in [0, 0.1) is 5.92 Å². The van der Waals surface area contributed by atoms with E-state index in [1.54, 1.807) is 0 Å². The average molecular weight is 275 g/mol. The van der Waals surface area contributed by atoms with E-state index in [1.165, 1.54) is 16.8 Å². The molecule has 0 bridgehead atoms. The molecule has 0 amide bonds. The Morgan fingerprint density at radius 2 is 2.20 bits per heavy atom. The number of benzene rings is 1. The number of fused-ring (bicyclic) bond motifs is 1. The van der Waals surface area contributed by atoms with Gasteiger partial charge < -0.3 is 10.1 Å². The van der Waals surface area contributed by atoms with Gasteiger partial charge in [0.05, 0.1) is 13.0 Å². The van der Waals surface area contributed by atoms with Crippen molar-refractivity contribution in [2.24, 2.45) is 5.92 Å². The lowest BCUT2D eigenvalue weighted by atomic mass is 9.87. The number of hydrogen-bond acceptors (Lipinski definition) is 3. The molecule has 2 rings (SSSR count). The first-order valence-corrected chi connectivity index (χ1v) is 7.62. The highest BCUT2D eigenvalue weighted by Gasteiger charge is 2.20. The molecular weight excluding hydrogens is 250 g/mol. The summed E-state index contributed by atoms with van der Waals surface area (Å²) in [5.74, 6) is 0.748. The van der Waals surface area contributed by atoms with E-state index in [4.69, 9.17) is 4.74 Å². The molecule has 0 saturated carbocycles. The van der Waals surface area contributed by atoms with Gasteiger partial charge in [-0.2, -0.15) is 0 Å². The van der Waals surface area contributed by atoms with E-state index >= 15 is 0 Å². The van der Waals surface area contributed by atoms with Crippen LogP contribution in [0.25, 0.3) is 0 Å². The first kappa shape index (κ1) is 14.9. The zero-order chi connectivity index (χ0) is 14.5. The lowest BCUT2D eigenvalue weighted by molar-refractivity contribution is -0.143. The largest absolute Gasteiger partial charge is 0.466 e. The van der Waals surface area contributed by atoms with Crippen molar-refractivity contribution in [1.29, 1.82) is 0 Å². The maximum atomic E-state index is 11.8. The molecule has 20 heavy (non-hydrogen) atoms. The minimum Gasteiger partial charge on any atom is -0.466 e. The molecule has 0 aromatic heterocycles. The smallest absolute Gasteiger partial charge is 0.306 e. The first-order chi connectivity index (χ1) is 9.60. The first-order valence-electron chi connectivity index (χ1n) is 7.62. The van der Waals surface area contributed by atoms with E-state index in [0.717, 1.165) is 19.4 Å². The standard InChI is InChI=1S/C17H25NO2/c1-4-20-17(19)11-15(9-12(2)3)13-5-6-16-14(10-13)7-8-18-16/h5-6,10,12,15,18H,4,7-9,11H2,1-3H3. The van der Waals surface area contributed by atoms with Crippen LogP contribution in [0.4, 0.5) is 5.69 Å². The highest BCUT2D eigenvalue weighted by Crippen LogP contribution is 2.32. The quantitative estimate of drug-likeness (QED) is 0.804. The summed E-state index contributed by atoms with van der Waals surface area (Å²) in [5.41, 5.74) is 3.89. The molecule has 0 radical (unpaired) electrons. The third kappa shape index (κ3) is 3.75. The third-order valence-corrected chi connectivity index (χ3v) is 3.78. The van der Waals surface area contributed by atoms with Crippen LogP contribution in [0.3, 0.4) is 0 Å². The predicted octanol–water partition coefficient (Wildman–Crippen LogP) is 3.74. The predicted molar refractivity (Wildman–Crippen MR) is 82.1 cm³/mol. The lowest BCUT2D eigenvalue weighted by Gasteiger charge is -2.19.